The molecule has 5 rings (SSSR count). The monoisotopic (exact) mass is 372 g/mol. The minimum absolute atomic E-state index is 0.454. The fraction of sp³-hybridized carbons (Fsp3) is 0.300. The molecule has 0 saturated heterocycles. The van der Waals surface area contributed by atoms with E-state index in [4.69, 9.17) is 0 Å². The van der Waals surface area contributed by atoms with Crippen molar-refractivity contribution in [1.82, 2.24) is 34.9 Å². The maximum absolute atomic E-state index is 4.66. The maximum atomic E-state index is 4.66. The summed E-state index contributed by atoms with van der Waals surface area (Å²) in [7, 11) is 0. The van der Waals surface area contributed by atoms with Gasteiger partial charge < -0.3 is 5.32 Å². The molecule has 1 fully saturated rings. The number of hydrogen-bond donors (Lipinski definition) is 1. The third-order valence-electron chi connectivity index (χ3n) is 5.03. The third-order valence-corrected chi connectivity index (χ3v) is 5.03. The summed E-state index contributed by atoms with van der Waals surface area (Å²) < 4.78 is 1.73. The largest absolute Gasteiger partial charge is 0.351 e. The van der Waals surface area contributed by atoms with E-state index in [1.165, 1.54) is 25.7 Å². The number of nitrogens with zero attached hydrogens (tertiary/aromatic N) is 7. The fourth-order valence-electron chi connectivity index (χ4n) is 3.52. The molecule has 0 bridgehead atoms. The van der Waals surface area contributed by atoms with E-state index in [1.54, 1.807) is 10.9 Å². The zero-order chi connectivity index (χ0) is 18.9. The van der Waals surface area contributed by atoms with Gasteiger partial charge in [0.1, 0.15) is 0 Å². The smallest absolute Gasteiger partial charge is 0.225 e. The molecule has 8 heteroatoms. The molecule has 0 unspecified atom stereocenters. The van der Waals surface area contributed by atoms with Crippen molar-refractivity contribution in [3.05, 3.63) is 48.4 Å². The second kappa shape index (κ2) is 6.95. The van der Waals surface area contributed by atoms with Crippen LogP contribution < -0.4 is 5.32 Å². The van der Waals surface area contributed by atoms with Gasteiger partial charge in [0.25, 0.3) is 0 Å². The zero-order valence-electron chi connectivity index (χ0n) is 15.6. The lowest BCUT2D eigenvalue weighted by atomic mass is 10.2. The summed E-state index contributed by atoms with van der Waals surface area (Å²) in [4.78, 5) is 17.8. The predicted molar refractivity (Wildman–Crippen MR) is 106 cm³/mol. The first-order valence-corrected chi connectivity index (χ1v) is 9.51. The molecule has 0 aliphatic heterocycles. The Morgan fingerprint density at radius 3 is 2.46 bits per heavy atom. The van der Waals surface area contributed by atoms with Gasteiger partial charge >= 0.3 is 0 Å². The molecule has 1 saturated carbocycles. The van der Waals surface area contributed by atoms with E-state index in [0.29, 0.717) is 29.0 Å². The highest BCUT2D eigenvalue weighted by atomic mass is 15.4. The van der Waals surface area contributed by atoms with Gasteiger partial charge in [0.05, 0.1) is 11.9 Å². The van der Waals surface area contributed by atoms with Gasteiger partial charge in [-0.05, 0) is 49.6 Å². The summed E-state index contributed by atoms with van der Waals surface area (Å²) in [5.74, 6) is 1.33. The van der Waals surface area contributed by atoms with E-state index in [9.17, 15) is 0 Å². The van der Waals surface area contributed by atoms with Crippen LogP contribution in [0.25, 0.3) is 28.2 Å². The molecule has 8 nitrogen and oxygen atoms in total. The molecule has 140 valence electrons. The molecule has 1 aromatic carbocycles. The van der Waals surface area contributed by atoms with E-state index in [-0.39, 0.29) is 0 Å². The molecular weight excluding hydrogens is 352 g/mol. The summed E-state index contributed by atoms with van der Waals surface area (Å²) in [5.41, 5.74) is 4.23. The highest BCUT2D eigenvalue weighted by Gasteiger charge is 2.17. The van der Waals surface area contributed by atoms with Crippen molar-refractivity contribution in [1.29, 1.82) is 0 Å². The number of fused-ring (bicyclic) bond motifs is 1. The third kappa shape index (κ3) is 3.17. The Morgan fingerprint density at radius 1 is 0.964 bits per heavy atom. The van der Waals surface area contributed by atoms with E-state index in [0.717, 1.165) is 16.8 Å². The van der Waals surface area contributed by atoms with Crippen LogP contribution in [0.5, 0.6) is 0 Å². The number of aryl methyl sites for hydroxylation is 1. The summed E-state index contributed by atoms with van der Waals surface area (Å²) in [5, 5.41) is 11.9. The fourth-order valence-corrected chi connectivity index (χ4v) is 3.52. The average Bonchev–Trinajstić information content (AvgIpc) is 3.38. The second-order valence-corrected chi connectivity index (χ2v) is 7.16. The second-order valence-electron chi connectivity index (χ2n) is 7.16. The summed E-state index contributed by atoms with van der Waals surface area (Å²) >= 11 is 0. The van der Waals surface area contributed by atoms with Crippen molar-refractivity contribution in [2.24, 2.45) is 0 Å². The Bertz CT molecular complexity index is 1100. The van der Waals surface area contributed by atoms with Crippen LogP contribution in [0.2, 0.25) is 0 Å². The molecule has 4 aromatic rings. The van der Waals surface area contributed by atoms with Crippen LogP contribution in [-0.2, 0) is 0 Å². The van der Waals surface area contributed by atoms with Gasteiger partial charge in [-0.25, -0.2) is 15.0 Å². The number of aromatic nitrogens is 7. The van der Waals surface area contributed by atoms with Crippen molar-refractivity contribution in [2.45, 2.75) is 38.6 Å². The van der Waals surface area contributed by atoms with Crippen LogP contribution in [0.15, 0.2) is 42.9 Å². The van der Waals surface area contributed by atoms with Crippen molar-refractivity contribution in [3.8, 4) is 17.1 Å². The number of hydrogen-bond acceptors (Lipinski definition) is 7. The van der Waals surface area contributed by atoms with Crippen molar-refractivity contribution in [3.63, 3.8) is 0 Å². The molecule has 1 aliphatic carbocycles. The number of nitrogens with one attached hydrogen (secondary N) is 1. The van der Waals surface area contributed by atoms with Crippen LogP contribution in [0, 0.1) is 6.92 Å². The molecule has 0 spiro atoms. The Morgan fingerprint density at radius 2 is 1.71 bits per heavy atom. The van der Waals surface area contributed by atoms with Crippen LogP contribution in [-0.4, -0.2) is 41.0 Å². The minimum Gasteiger partial charge on any atom is -0.351 e. The van der Waals surface area contributed by atoms with Crippen molar-refractivity contribution in [2.75, 3.05) is 5.32 Å². The van der Waals surface area contributed by atoms with Crippen LogP contribution >= 0.6 is 0 Å². The standard InChI is InChI=1S/C20H20N8/c1-13-10-21-18(22-11-13)14-6-8-16(9-7-14)28-19-17(26-27-28)12-23-20(25-19)24-15-4-2-3-5-15/h6-12,15H,2-5H2,1H3,(H,23,24,25). The van der Waals surface area contributed by atoms with E-state index < -0.39 is 0 Å². The lowest BCUT2D eigenvalue weighted by Gasteiger charge is -2.11. The molecular formula is C20H20N8. The van der Waals surface area contributed by atoms with Gasteiger partial charge in [-0.3, -0.25) is 0 Å². The first-order chi connectivity index (χ1) is 13.8. The Balaban J connectivity index is 1.45. The predicted octanol–water partition coefficient (Wildman–Crippen LogP) is 3.33. The highest BCUT2D eigenvalue weighted by molar-refractivity contribution is 5.72. The minimum atomic E-state index is 0.454. The first kappa shape index (κ1) is 16.7. The molecule has 0 amide bonds. The number of anilines is 1. The van der Waals surface area contributed by atoms with E-state index >= 15 is 0 Å². The lowest BCUT2D eigenvalue weighted by molar-refractivity contribution is 0.744. The molecule has 1 aliphatic rings. The highest BCUT2D eigenvalue weighted by Crippen LogP contribution is 2.23. The van der Waals surface area contributed by atoms with Gasteiger partial charge in [0, 0.05) is 24.0 Å². The molecule has 3 heterocycles. The summed E-state index contributed by atoms with van der Waals surface area (Å²) in [6.07, 6.45) is 10.2. The van der Waals surface area contributed by atoms with Gasteiger partial charge in [0.15, 0.2) is 17.0 Å². The Labute approximate surface area is 162 Å². The normalized spacial score (nSPS) is 14.6. The van der Waals surface area contributed by atoms with Crippen LogP contribution in [0.1, 0.15) is 31.2 Å². The molecule has 28 heavy (non-hydrogen) atoms. The summed E-state index contributed by atoms with van der Waals surface area (Å²) in [6.45, 7) is 1.97. The maximum Gasteiger partial charge on any atom is 0.225 e. The lowest BCUT2D eigenvalue weighted by Crippen LogP contribution is -2.16. The first-order valence-electron chi connectivity index (χ1n) is 9.51. The van der Waals surface area contributed by atoms with Gasteiger partial charge in [-0.15, -0.1) is 5.10 Å². The van der Waals surface area contributed by atoms with Gasteiger partial charge in [-0.2, -0.15) is 9.67 Å². The Hall–Kier alpha value is -3.42. The molecule has 0 radical (unpaired) electrons. The Kier molecular flexibility index (Phi) is 4.16. The van der Waals surface area contributed by atoms with E-state index in [2.05, 4.69) is 35.6 Å². The van der Waals surface area contributed by atoms with E-state index in [1.807, 2.05) is 43.6 Å². The van der Waals surface area contributed by atoms with Gasteiger partial charge in [0.2, 0.25) is 5.95 Å². The zero-order valence-corrected chi connectivity index (χ0v) is 15.6. The quantitative estimate of drug-likeness (QED) is 0.587. The molecule has 1 N–H and O–H groups in total. The van der Waals surface area contributed by atoms with Crippen molar-refractivity contribution < 1.29 is 0 Å². The van der Waals surface area contributed by atoms with Crippen molar-refractivity contribution >= 4 is 17.1 Å². The number of rotatable bonds is 4. The molecule has 3 aromatic heterocycles. The summed E-state index contributed by atoms with van der Waals surface area (Å²) in [6, 6.07) is 8.35. The van der Waals surface area contributed by atoms with Crippen LogP contribution in [0.3, 0.4) is 0 Å². The van der Waals surface area contributed by atoms with Crippen LogP contribution in [0.4, 0.5) is 5.95 Å². The molecule has 0 atom stereocenters. The SMILES string of the molecule is Cc1cnc(-c2ccc(-n3nnc4cnc(NC5CCCC5)nc43)cc2)nc1. The average molecular weight is 372 g/mol. The topological polar surface area (TPSA) is 94.3 Å². The number of benzene rings is 1. The van der Waals surface area contributed by atoms with Gasteiger partial charge in [-0.1, -0.05) is 18.1 Å².